The van der Waals surface area contributed by atoms with Gasteiger partial charge in [-0.2, -0.15) is 0 Å². The van der Waals surface area contributed by atoms with Gasteiger partial charge in [0.1, 0.15) is 17.1 Å². The third kappa shape index (κ3) is 1.85. The van der Waals surface area contributed by atoms with Gasteiger partial charge in [-0.15, -0.1) is 0 Å². The van der Waals surface area contributed by atoms with Crippen LogP contribution in [0.2, 0.25) is 0 Å². The Morgan fingerprint density at radius 2 is 2.05 bits per heavy atom. The smallest absolute Gasteiger partial charge is 0.167 e. The molecule has 2 aromatic heterocycles. The van der Waals surface area contributed by atoms with E-state index in [1.165, 1.54) is 0 Å². The summed E-state index contributed by atoms with van der Waals surface area (Å²) < 4.78 is 28.1. The van der Waals surface area contributed by atoms with Gasteiger partial charge >= 0.3 is 0 Å². The molecule has 4 atom stereocenters. The van der Waals surface area contributed by atoms with Crippen molar-refractivity contribution < 1.29 is 13.9 Å². The molecular formula is C15H19FN4O2. The Morgan fingerprint density at radius 1 is 1.32 bits per heavy atom. The monoisotopic (exact) mass is 306 g/mol. The summed E-state index contributed by atoms with van der Waals surface area (Å²) in [6.45, 7) is 5.95. The first-order chi connectivity index (χ1) is 10.4. The van der Waals surface area contributed by atoms with Gasteiger partial charge < -0.3 is 19.8 Å². The molecule has 0 spiro atoms. The molecule has 1 aliphatic carbocycles. The van der Waals surface area contributed by atoms with Gasteiger partial charge in [0.05, 0.1) is 24.7 Å². The second kappa shape index (κ2) is 4.39. The van der Waals surface area contributed by atoms with Crippen LogP contribution in [-0.2, 0) is 9.47 Å². The lowest BCUT2D eigenvalue weighted by atomic mass is 10.1. The van der Waals surface area contributed by atoms with Crippen molar-refractivity contribution in [3.63, 3.8) is 0 Å². The molecule has 118 valence electrons. The van der Waals surface area contributed by atoms with E-state index >= 15 is 0 Å². The van der Waals surface area contributed by atoms with Crippen LogP contribution in [0.5, 0.6) is 0 Å². The zero-order valence-corrected chi connectivity index (χ0v) is 12.8. The number of pyridine rings is 1. The Kier molecular flexibility index (Phi) is 2.77. The summed E-state index contributed by atoms with van der Waals surface area (Å²) in [7, 11) is 0. The molecule has 0 bridgehead atoms. The number of fused-ring (bicyclic) bond motifs is 2. The molecular weight excluding hydrogens is 287 g/mol. The number of nitrogen functional groups attached to an aromatic ring is 1. The number of hydrogen-bond acceptors (Lipinski definition) is 5. The molecule has 6 nitrogen and oxygen atoms in total. The summed E-state index contributed by atoms with van der Waals surface area (Å²) in [5.74, 6) is -0.466. The summed E-state index contributed by atoms with van der Waals surface area (Å²) in [5, 5.41) is 0. The number of nitrogens with two attached hydrogens (primary N) is 1. The average Bonchev–Trinajstić information content (AvgIpc) is 3.08. The maximum Gasteiger partial charge on any atom is 0.167 e. The fourth-order valence-corrected chi connectivity index (χ4v) is 3.76. The predicted octanol–water partition coefficient (Wildman–Crippen LogP) is 2.25. The minimum atomic E-state index is -0.613. The molecule has 2 unspecified atom stereocenters. The number of ether oxygens (including phenoxy) is 2. The average molecular weight is 306 g/mol. The number of rotatable bonds is 1. The second-order valence-electron chi connectivity index (χ2n) is 6.69. The summed E-state index contributed by atoms with van der Waals surface area (Å²) in [5.41, 5.74) is 6.59. The van der Waals surface area contributed by atoms with E-state index in [0.29, 0.717) is 17.0 Å². The molecule has 0 amide bonds. The van der Waals surface area contributed by atoms with Crippen LogP contribution >= 0.6 is 0 Å². The summed E-state index contributed by atoms with van der Waals surface area (Å²) >= 11 is 0. The lowest BCUT2D eigenvalue weighted by Gasteiger charge is -2.23. The first-order valence-corrected chi connectivity index (χ1v) is 7.49. The summed E-state index contributed by atoms with van der Waals surface area (Å²) in [6, 6.07) is -0.0249. The predicted molar refractivity (Wildman–Crippen MR) is 78.5 cm³/mol. The van der Waals surface area contributed by atoms with Crippen LogP contribution < -0.4 is 5.73 Å². The molecule has 4 rings (SSSR count). The first-order valence-electron chi connectivity index (χ1n) is 7.49. The van der Waals surface area contributed by atoms with E-state index < -0.39 is 11.6 Å². The lowest BCUT2D eigenvalue weighted by Crippen LogP contribution is -2.27. The highest BCUT2D eigenvalue weighted by Crippen LogP contribution is 2.47. The van der Waals surface area contributed by atoms with Crippen LogP contribution in [0.1, 0.15) is 33.2 Å². The van der Waals surface area contributed by atoms with E-state index in [9.17, 15) is 4.39 Å². The number of anilines is 1. The van der Waals surface area contributed by atoms with Crippen LogP contribution in [0.3, 0.4) is 0 Å². The Morgan fingerprint density at radius 3 is 2.82 bits per heavy atom. The molecule has 7 heteroatoms. The van der Waals surface area contributed by atoms with Crippen LogP contribution in [0.25, 0.3) is 11.0 Å². The van der Waals surface area contributed by atoms with Crippen molar-refractivity contribution in [1.29, 1.82) is 0 Å². The minimum absolute atomic E-state index is 0.0136. The molecule has 2 aliphatic rings. The van der Waals surface area contributed by atoms with Crippen LogP contribution in [0.4, 0.5) is 10.2 Å². The van der Waals surface area contributed by atoms with Gasteiger partial charge in [0.25, 0.3) is 0 Å². The number of imidazole rings is 1. The normalized spacial score (nSPS) is 33.5. The highest BCUT2D eigenvalue weighted by Gasteiger charge is 2.53. The third-order valence-electron chi connectivity index (χ3n) is 4.65. The highest BCUT2D eigenvalue weighted by atomic mass is 19.1. The van der Waals surface area contributed by atoms with E-state index in [-0.39, 0.29) is 24.1 Å². The molecule has 3 heterocycles. The molecule has 1 saturated heterocycles. The fourth-order valence-electron chi connectivity index (χ4n) is 3.76. The van der Waals surface area contributed by atoms with Crippen molar-refractivity contribution in [1.82, 2.24) is 14.5 Å². The minimum Gasteiger partial charge on any atom is -0.382 e. The van der Waals surface area contributed by atoms with Gasteiger partial charge in [-0.05, 0) is 26.2 Å². The maximum absolute atomic E-state index is 14.3. The fraction of sp³-hybridized carbons (Fsp3) is 0.600. The molecule has 1 aliphatic heterocycles. The van der Waals surface area contributed by atoms with Crippen LogP contribution in [0, 0.1) is 11.7 Å². The quantitative estimate of drug-likeness (QED) is 0.874. The zero-order chi connectivity index (χ0) is 15.6. The zero-order valence-electron chi connectivity index (χ0n) is 12.8. The first kappa shape index (κ1) is 13.9. The van der Waals surface area contributed by atoms with Gasteiger partial charge in [-0.3, -0.25) is 0 Å². The van der Waals surface area contributed by atoms with Crippen molar-refractivity contribution in [2.45, 2.75) is 51.2 Å². The Labute approximate surface area is 127 Å². The molecule has 1 saturated carbocycles. The van der Waals surface area contributed by atoms with Crippen molar-refractivity contribution in [2.24, 2.45) is 5.92 Å². The Balaban J connectivity index is 1.81. The van der Waals surface area contributed by atoms with Crippen molar-refractivity contribution >= 4 is 16.9 Å². The van der Waals surface area contributed by atoms with Crippen molar-refractivity contribution in [2.75, 3.05) is 5.73 Å². The van der Waals surface area contributed by atoms with E-state index in [1.54, 1.807) is 6.33 Å². The Hall–Kier alpha value is -1.73. The van der Waals surface area contributed by atoms with E-state index in [1.807, 2.05) is 18.4 Å². The summed E-state index contributed by atoms with van der Waals surface area (Å²) in [6.07, 6.45) is 3.51. The van der Waals surface area contributed by atoms with E-state index in [0.717, 1.165) is 12.6 Å². The standard InChI is InChI=1S/C15H19FN4O2/c1-7-4-9(13-12(7)21-15(2,3)22-13)20-6-19-10-11(20)8(16)5-18-14(10)17/h5-7,9,12-13H,4H2,1-3H3,(H2,17,18)/t7?,9-,12?,13+/m1/s1. The van der Waals surface area contributed by atoms with Gasteiger partial charge in [-0.1, -0.05) is 6.92 Å². The van der Waals surface area contributed by atoms with Crippen LogP contribution in [0.15, 0.2) is 12.5 Å². The third-order valence-corrected chi connectivity index (χ3v) is 4.65. The summed E-state index contributed by atoms with van der Waals surface area (Å²) in [4.78, 5) is 8.06. The number of hydrogen-bond donors (Lipinski definition) is 1. The molecule has 22 heavy (non-hydrogen) atoms. The topological polar surface area (TPSA) is 75.2 Å². The molecule has 2 aromatic rings. The van der Waals surface area contributed by atoms with Gasteiger partial charge in [0.15, 0.2) is 17.4 Å². The lowest BCUT2D eigenvalue weighted by molar-refractivity contribution is -0.159. The van der Waals surface area contributed by atoms with Crippen LogP contribution in [-0.4, -0.2) is 32.5 Å². The molecule has 0 aromatic carbocycles. The highest BCUT2D eigenvalue weighted by molar-refractivity contribution is 5.85. The SMILES string of the molecule is CC1C[C@@H](n2cnc3c(N)ncc(F)c32)[C@@H]2OC(C)(C)OC12. The molecule has 2 N–H and O–H groups in total. The van der Waals surface area contributed by atoms with E-state index in [2.05, 4.69) is 16.9 Å². The number of aromatic nitrogens is 3. The van der Waals surface area contributed by atoms with Crippen molar-refractivity contribution in [3.8, 4) is 0 Å². The second-order valence-corrected chi connectivity index (χ2v) is 6.69. The largest absolute Gasteiger partial charge is 0.382 e. The Bertz CT molecular complexity index is 744. The van der Waals surface area contributed by atoms with Gasteiger partial charge in [0, 0.05) is 0 Å². The number of halogens is 1. The molecule has 0 radical (unpaired) electrons. The number of nitrogens with zero attached hydrogens (tertiary/aromatic N) is 3. The molecule has 2 fully saturated rings. The van der Waals surface area contributed by atoms with Gasteiger partial charge in [0.2, 0.25) is 0 Å². The maximum atomic E-state index is 14.3. The van der Waals surface area contributed by atoms with E-state index in [4.69, 9.17) is 15.2 Å². The van der Waals surface area contributed by atoms with Crippen molar-refractivity contribution in [3.05, 3.63) is 18.3 Å². The van der Waals surface area contributed by atoms with Gasteiger partial charge in [-0.25, -0.2) is 14.4 Å².